The number of hydrogen-bond donors (Lipinski definition) is 1. The fraction of sp³-hybridized carbons (Fsp3) is 0.333. The van der Waals surface area contributed by atoms with Gasteiger partial charge in [0.2, 0.25) is 10.0 Å². The zero-order valence-corrected chi connectivity index (χ0v) is 15.5. The van der Waals surface area contributed by atoms with Crippen molar-refractivity contribution in [2.24, 2.45) is 5.92 Å². The summed E-state index contributed by atoms with van der Waals surface area (Å²) in [6.07, 6.45) is 5.68. The van der Waals surface area contributed by atoms with Crippen LogP contribution in [0.4, 0.5) is 0 Å². The molecule has 1 aliphatic carbocycles. The van der Waals surface area contributed by atoms with Crippen LogP contribution in [0.3, 0.4) is 0 Å². The molecular weight excluding hydrogens is 354 g/mol. The van der Waals surface area contributed by atoms with E-state index in [4.69, 9.17) is 0 Å². The van der Waals surface area contributed by atoms with Gasteiger partial charge in [0.15, 0.2) is 0 Å². The Labute approximate surface area is 151 Å². The third-order valence-electron chi connectivity index (χ3n) is 4.56. The first-order chi connectivity index (χ1) is 12.1. The van der Waals surface area contributed by atoms with Gasteiger partial charge < -0.3 is 0 Å². The number of rotatable bonds is 6. The zero-order valence-electron chi connectivity index (χ0n) is 13.8. The lowest BCUT2D eigenvalue weighted by Gasteiger charge is -2.18. The number of sulfonamides is 1. The molecule has 1 atom stereocenters. The number of aromatic nitrogens is 2. The van der Waals surface area contributed by atoms with Crippen LogP contribution in [0.2, 0.25) is 0 Å². The van der Waals surface area contributed by atoms with Gasteiger partial charge in [-0.1, -0.05) is 6.07 Å². The van der Waals surface area contributed by atoms with Crippen molar-refractivity contribution in [2.75, 3.05) is 5.75 Å². The van der Waals surface area contributed by atoms with Crippen molar-refractivity contribution in [3.63, 3.8) is 0 Å². The Hall–Kier alpha value is -1.83. The van der Waals surface area contributed by atoms with Gasteiger partial charge >= 0.3 is 0 Å². The van der Waals surface area contributed by atoms with Crippen LogP contribution in [0.25, 0.3) is 21.3 Å². The van der Waals surface area contributed by atoms with E-state index in [2.05, 4.69) is 32.9 Å². The standard InChI is InChI=1S/C18H19N3O2S2/c1-2-25(22,23)21-18(12-3-4-12)15-7-14(9-19-10-15)13-5-6-17-16(8-13)20-11-24-17/h5-12,18,21H,2-4H2,1H3. The van der Waals surface area contributed by atoms with E-state index in [1.165, 1.54) is 0 Å². The van der Waals surface area contributed by atoms with Crippen LogP contribution in [-0.2, 0) is 10.0 Å². The van der Waals surface area contributed by atoms with Crippen LogP contribution in [0.5, 0.6) is 0 Å². The lowest BCUT2D eigenvalue weighted by atomic mass is 10.0. The monoisotopic (exact) mass is 373 g/mol. The second-order valence-electron chi connectivity index (χ2n) is 6.38. The van der Waals surface area contributed by atoms with Crippen molar-refractivity contribution >= 4 is 31.6 Å². The molecule has 4 rings (SSSR count). The van der Waals surface area contributed by atoms with Gasteiger partial charge in [0, 0.05) is 18.0 Å². The van der Waals surface area contributed by atoms with Crippen molar-refractivity contribution in [2.45, 2.75) is 25.8 Å². The third-order valence-corrected chi connectivity index (χ3v) is 6.75. The smallest absolute Gasteiger partial charge is 0.211 e. The zero-order chi connectivity index (χ0) is 17.4. The summed E-state index contributed by atoms with van der Waals surface area (Å²) in [5.74, 6) is 0.448. The summed E-state index contributed by atoms with van der Waals surface area (Å²) < 4.78 is 28.1. The maximum atomic E-state index is 12.0. The number of pyridine rings is 1. The Kier molecular flexibility index (Phi) is 4.31. The summed E-state index contributed by atoms with van der Waals surface area (Å²) in [6.45, 7) is 1.66. The van der Waals surface area contributed by atoms with E-state index in [1.807, 2.05) is 17.8 Å². The van der Waals surface area contributed by atoms with Crippen LogP contribution >= 0.6 is 11.3 Å². The first-order valence-corrected chi connectivity index (χ1v) is 10.9. The molecule has 5 nitrogen and oxygen atoms in total. The molecule has 1 N–H and O–H groups in total. The van der Waals surface area contributed by atoms with Crippen molar-refractivity contribution < 1.29 is 8.42 Å². The maximum Gasteiger partial charge on any atom is 0.211 e. The summed E-state index contributed by atoms with van der Waals surface area (Å²) >= 11 is 1.62. The molecule has 130 valence electrons. The Morgan fingerprint density at radius 2 is 2.08 bits per heavy atom. The Morgan fingerprint density at radius 1 is 1.24 bits per heavy atom. The van der Waals surface area contributed by atoms with E-state index in [9.17, 15) is 8.42 Å². The van der Waals surface area contributed by atoms with Crippen molar-refractivity contribution in [3.05, 3.63) is 47.7 Å². The van der Waals surface area contributed by atoms with Gasteiger partial charge in [0.25, 0.3) is 0 Å². The number of nitrogens with one attached hydrogen (secondary N) is 1. The normalized spacial score (nSPS) is 16.2. The number of nitrogens with zero attached hydrogens (tertiary/aromatic N) is 2. The van der Waals surface area contributed by atoms with E-state index in [-0.39, 0.29) is 11.8 Å². The van der Waals surface area contributed by atoms with Crippen LogP contribution < -0.4 is 4.72 Å². The van der Waals surface area contributed by atoms with Gasteiger partial charge in [-0.2, -0.15) is 0 Å². The van der Waals surface area contributed by atoms with Crippen LogP contribution in [-0.4, -0.2) is 24.1 Å². The second kappa shape index (κ2) is 6.48. The van der Waals surface area contributed by atoms with Crippen molar-refractivity contribution in [1.29, 1.82) is 0 Å². The number of hydrogen-bond acceptors (Lipinski definition) is 5. The summed E-state index contributed by atoms with van der Waals surface area (Å²) in [6, 6.07) is 8.02. The van der Waals surface area contributed by atoms with Gasteiger partial charge in [-0.05, 0) is 55.0 Å². The van der Waals surface area contributed by atoms with Crippen molar-refractivity contribution in [1.82, 2.24) is 14.7 Å². The molecule has 0 saturated heterocycles. The molecule has 25 heavy (non-hydrogen) atoms. The fourth-order valence-electron chi connectivity index (χ4n) is 2.97. The number of benzene rings is 1. The van der Waals surface area contributed by atoms with Crippen molar-refractivity contribution in [3.8, 4) is 11.1 Å². The molecule has 0 bridgehead atoms. The highest BCUT2D eigenvalue weighted by atomic mass is 32.2. The Bertz CT molecular complexity index is 1010. The third kappa shape index (κ3) is 3.58. The Balaban J connectivity index is 1.70. The average Bonchev–Trinajstić information content (AvgIpc) is 3.36. The van der Waals surface area contributed by atoms with E-state index in [0.717, 1.165) is 39.7 Å². The SMILES string of the molecule is CCS(=O)(=O)NC(c1cncc(-c2ccc3scnc3c2)c1)C1CC1. The van der Waals surface area contributed by atoms with Gasteiger partial charge in [0.1, 0.15) is 0 Å². The quantitative estimate of drug-likeness (QED) is 0.714. The molecule has 1 aliphatic rings. The van der Waals surface area contributed by atoms with Crippen LogP contribution in [0.15, 0.2) is 42.2 Å². The fourth-order valence-corrected chi connectivity index (χ4v) is 4.51. The number of thiazole rings is 1. The van der Waals surface area contributed by atoms with Gasteiger partial charge in [-0.15, -0.1) is 11.3 Å². The average molecular weight is 374 g/mol. The van der Waals surface area contributed by atoms with Gasteiger partial charge in [-0.3, -0.25) is 4.98 Å². The first kappa shape index (κ1) is 16.6. The maximum absolute atomic E-state index is 12.0. The molecule has 1 unspecified atom stereocenters. The van der Waals surface area contributed by atoms with E-state index >= 15 is 0 Å². The highest BCUT2D eigenvalue weighted by Crippen LogP contribution is 2.42. The van der Waals surface area contributed by atoms with Crippen LogP contribution in [0, 0.1) is 5.92 Å². The van der Waals surface area contributed by atoms with E-state index in [1.54, 1.807) is 24.5 Å². The highest BCUT2D eigenvalue weighted by molar-refractivity contribution is 7.89. The molecule has 0 radical (unpaired) electrons. The molecule has 2 aromatic heterocycles. The predicted octanol–water partition coefficient (Wildman–Crippen LogP) is 3.75. The summed E-state index contributed by atoms with van der Waals surface area (Å²) in [5, 5.41) is 0. The lowest BCUT2D eigenvalue weighted by molar-refractivity contribution is 0.529. The molecule has 1 aromatic carbocycles. The lowest BCUT2D eigenvalue weighted by Crippen LogP contribution is -2.31. The van der Waals surface area contributed by atoms with Gasteiger partial charge in [-0.25, -0.2) is 18.1 Å². The predicted molar refractivity (Wildman–Crippen MR) is 101 cm³/mol. The number of fused-ring (bicyclic) bond motifs is 1. The molecule has 2 heterocycles. The van der Waals surface area contributed by atoms with E-state index in [0.29, 0.717) is 5.92 Å². The molecular formula is C18H19N3O2S2. The molecule has 0 spiro atoms. The molecule has 3 aromatic rings. The Morgan fingerprint density at radius 3 is 2.84 bits per heavy atom. The molecule has 1 fully saturated rings. The first-order valence-electron chi connectivity index (χ1n) is 8.34. The molecule has 0 aliphatic heterocycles. The minimum absolute atomic E-state index is 0.0871. The van der Waals surface area contributed by atoms with Gasteiger partial charge in [0.05, 0.1) is 27.5 Å². The molecule has 1 saturated carbocycles. The second-order valence-corrected chi connectivity index (χ2v) is 9.31. The highest BCUT2D eigenvalue weighted by Gasteiger charge is 2.35. The molecule has 7 heteroatoms. The van der Waals surface area contributed by atoms with E-state index < -0.39 is 10.0 Å². The molecule has 0 amide bonds. The summed E-state index contributed by atoms with van der Waals surface area (Å²) in [4.78, 5) is 8.73. The minimum atomic E-state index is -3.26. The van der Waals surface area contributed by atoms with Crippen LogP contribution in [0.1, 0.15) is 31.4 Å². The topological polar surface area (TPSA) is 72.0 Å². The summed E-state index contributed by atoms with van der Waals surface area (Å²) in [7, 11) is -3.26. The largest absolute Gasteiger partial charge is 0.264 e. The summed E-state index contributed by atoms with van der Waals surface area (Å²) in [5.41, 5.74) is 5.76. The minimum Gasteiger partial charge on any atom is -0.264 e.